The summed E-state index contributed by atoms with van der Waals surface area (Å²) in [7, 11) is 4.19. The number of hydrogen-bond acceptors (Lipinski definition) is 3. The smallest absolute Gasteiger partial charge is 0.336 e. The number of hydrogen-bond donors (Lipinski definition) is 0. The lowest BCUT2D eigenvalue weighted by molar-refractivity contribution is -0.657. The van der Waals surface area contributed by atoms with E-state index in [-0.39, 0.29) is 11.7 Å². The van der Waals surface area contributed by atoms with E-state index >= 15 is 0 Å². The zero-order valence-corrected chi connectivity index (χ0v) is 21.6. The molecule has 3 aromatic rings. The molecule has 0 saturated carbocycles. The molecule has 176 valence electrons. The van der Waals surface area contributed by atoms with Crippen molar-refractivity contribution in [3.05, 3.63) is 72.3 Å². The van der Waals surface area contributed by atoms with Crippen molar-refractivity contribution in [2.24, 2.45) is 14.1 Å². The van der Waals surface area contributed by atoms with Gasteiger partial charge in [0.2, 0.25) is 0 Å². The molecule has 33 heavy (non-hydrogen) atoms. The summed E-state index contributed by atoms with van der Waals surface area (Å²) in [6.45, 7) is 15.9. The Balaban J connectivity index is 1.80. The lowest BCUT2D eigenvalue weighted by atomic mass is 9.92. The molecular weight excluding hydrogens is 408 g/mol. The average Bonchev–Trinajstić information content (AvgIpc) is 3.45. The molecule has 0 aliphatic carbocycles. The first-order valence-electron chi connectivity index (χ1n) is 12.0. The number of aromatic nitrogens is 4. The van der Waals surface area contributed by atoms with Gasteiger partial charge in [-0.15, -0.1) is 0 Å². The summed E-state index contributed by atoms with van der Waals surface area (Å²) in [6.07, 6.45) is 12.8. The molecule has 6 heteroatoms. The standard InChI is InChI=1S/C27H39N6/c1-19(2)22-11-10-12-23(20(3)4)24(22)32-16-15-30(9)26(32)31-17-18-33(21(31)5)27(6,7)25-28-13-14-29(25)8/h10-21H,1-9H3/q+1/t21-/m1/s1. The van der Waals surface area contributed by atoms with E-state index < -0.39 is 0 Å². The van der Waals surface area contributed by atoms with Gasteiger partial charge in [0.1, 0.15) is 17.7 Å². The summed E-state index contributed by atoms with van der Waals surface area (Å²) in [5.74, 6) is 3.06. The zero-order valence-electron chi connectivity index (χ0n) is 21.6. The van der Waals surface area contributed by atoms with Crippen LogP contribution in [0.4, 0.5) is 5.95 Å². The minimum Gasteiger partial charge on any atom is -0.336 e. The van der Waals surface area contributed by atoms with Gasteiger partial charge in [-0.25, -0.2) is 19.0 Å². The molecule has 0 amide bonds. The molecular formula is C27H39N6+. The van der Waals surface area contributed by atoms with Crippen molar-refractivity contribution in [1.82, 2.24) is 19.0 Å². The van der Waals surface area contributed by atoms with Gasteiger partial charge in [0.05, 0.1) is 25.0 Å². The van der Waals surface area contributed by atoms with Crippen molar-refractivity contribution in [2.75, 3.05) is 4.90 Å². The third-order valence-electron chi connectivity index (χ3n) is 6.99. The molecule has 0 radical (unpaired) electrons. The van der Waals surface area contributed by atoms with E-state index in [9.17, 15) is 0 Å². The van der Waals surface area contributed by atoms with E-state index in [1.165, 1.54) is 16.8 Å². The highest BCUT2D eigenvalue weighted by molar-refractivity contribution is 5.55. The Morgan fingerprint density at radius 2 is 1.64 bits per heavy atom. The fourth-order valence-electron chi connectivity index (χ4n) is 5.23. The zero-order chi connectivity index (χ0) is 24.1. The highest BCUT2D eigenvalue weighted by Gasteiger charge is 2.43. The van der Waals surface area contributed by atoms with Gasteiger partial charge in [-0.05, 0) is 43.7 Å². The van der Waals surface area contributed by atoms with Gasteiger partial charge >= 0.3 is 5.95 Å². The summed E-state index contributed by atoms with van der Waals surface area (Å²) in [6, 6.07) is 6.75. The topological polar surface area (TPSA) is 33.1 Å². The maximum absolute atomic E-state index is 4.66. The van der Waals surface area contributed by atoms with Crippen LogP contribution in [0.2, 0.25) is 0 Å². The van der Waals surface area contributed by atoms with E-state index in [2.05, 4.69) is 134 Å². The van der Waals surface area contributed by atoms with Crippen LogP contribution < -0.4 is 9.47 Å². The third-order valence-corrected chi connectivity index (χ3v) is 6.99. The van der Waals surface area contributed by atoms with Crippen LogP contribution in [0.3, 0.4) is 0 Å². The van der Waals surface area contributed by atoms with Gasteiger partial charge in [0.15, 0.2) is 6.17 Å². The number of benzene rings is 1. The fourth-order valence-corrected chi connectivity index (χ4v) is 5.23. The summed E-state index contributed by atoms with van der Waals surface area (Å²) in [5, 5.41) is 0. The molecule has 4 rings (SSSR count). The molecule has 1 atom stereocenters. The molecule has 3 heterocycles. The van der Waals surface area contributed by atoms with Gasteiger partial charge < -0.3 is 9.47 Å². The second-order valence-corrected chi connectivity index (χ2v) is 10.3. The van der Waals surface area contributed by atoms with Gasteiger partial charge in [-0.2, -0.15) is 0 Å². The van der Waals surface area contributed by atoms with E-state index in [4.69, 9.17) is 0 Å². The van der Waals surface area contributed by atoms with Crippen LogP contribution >= 0.6 is 0 Å². The first kappa shape index (κ1) is 23.1. The van der Waals surface area contributed by atoms with Crippen molar-refractivity contribution >= 4 is 5.95 Å². The Labute approximate surface area is 198 Å². The van der Waals surface area contributed by atoms with E-state index in [0.717, 1.165) is 11.8 Å². The monoisotopic (exact) mass is 447 g/mol. The number of nitrogens with zero attached hydrogens (tertiary/aromatic N) is 6. The number of aryl methyl sites for hydroxylation is 2. The van der Waals surface area contributed by atoms with E-state index in [1.807, 2.05) is 12.4 Å². The fraction of sp³-hybridized carbons (Fsp3) is 0.481. The SMILES string of the molecule is CC(C)c1cccc(C(C)C)c1-n1cc[n+](C)c1N1C=CN(C(C)(C)c2nccn2C)[C@@H]1C. The number of para-hydroxylation sites is 1. The molecule has 0 saturated heterocycles. The van der Waals surface area contributed by atoms with Crippen LogP contribution in [-0.2, 0) is 19.6 Å². The average molecular weight is 448 g/mol. The van der Waals surface area contributed by atoms with Crippen LogP contribution in [0.25, 0.3) is 5.69 Å². The number of rotatable bonds is 6. The molecule has 0 N–H and O–H groups in total. The Morgan fingerprint density at radius 3 is 2.18 bits per heavy atom. The summed E-state index contributed by atoms with van der Waals surface area (Å²) in [5.41, 5.74) is 3.80. The first-order chi connectivity index (χ1) is 15.6. The van der Waals surface area contributed by atoms with Crippen LogP contribution in [0.1, 0.15) is 77.3 Å². The van der Waals surface area contributed by atoms with Gasteiger partial charge in [-0.3, -0.25) is 0 Å². The lowest BCUT2D eigenvalue weighted by Gasteiger charge is -2.38. The van der Waals surface area contributed by atoms with Crippen molar-refractivity contribution in [2.45, 2.75) is 72.0 Å². The quantitative estimate of drug-likeness (QED) is 0.490. The van der Waals surface area contributed by atoms with Crippen molar-refractivity contribution in [1.29, 1.82) is 0 Å². The minimum absolute atomic E-state index is 0.130. The second kappa shape index (κ2) is 8.40. The van der Waals surface area contributed by atoms with E-state index in [0.29, 0.717) is 11.8 Å². The largest absolute Gasteiger partial charge is 0.370 e. The van der Waals surface area contributed by atoms with Crippen LogP contribution in [0.15, 0.2) is 55.4 Å². The second-order valence-electron chi connectivity index (χ2n) is 10.3. The molecule has 0 fully saturated rings. The van der Waals surface area contributed by atoms with Crippen molar-refractivity contribution in [3.8, 4) is 5.69 Å². The van der Waals surface area contributed by atoms with Crippen LogP contribution in [0, 0.1) is 0 Å². The molecule has 0 unspecified atom stereocenters. The van der Waals surface area contributed by atoms with Gasteiger partial charge in [0, 0.05) is 25.6 Å². The minimum atomic E-state index is -0.252. The van der Waals surface area contributed by atoms with Crippen molar-refractivity contribution in [3.63, 3.8) is 0 Å². The third kappa shape index (κ3) is 3.75. The maximum Gasteiger partial charge on any atom is 0.370 e. The Hall–Kier alpha value is -3.02. The molecule has 1 aromatic carbocycles. The van der Waals surface area contributed by atoms with Gasteiger partial charge in [-0.1, -0.05) is 45.9 Å². The molecule has 1 aliphatic heterocycles. The molecule has 0 spiro atoms. The normalized spacial score (nSPS) is 16.6. The molecule has 0 bridgehead atoms. The summed E-state index contributed by atoms with van der Waals surface area (Å²) >= 11 is 0. The number of imidazole rings is 2. The highest BCUT2D eigenvalue weighted by atomic mass is 15.5. The van der Waals surface area contributed by atoms with Gasteiger partial charge in [0.25, 0.3) is 0 Å². The highest BCUT2D eigenvalue weighted by Crippen LogP contribution is 2.37. The molecule has 1 aliphatic rings. The maximum atomic E-state index is 4.66. The number of anilines is 1. The van der Waals surface area contributed by atoms with Crippen LogP contribution in [0.5, 0.6) is 0 Å². The van der Waals surface area contributed by atoms with E-state index in [1.54, 1.807) is 0 Å². The summed E-state index contributed by atoms with van der Waals surface area (Å²) < 4.78 is 6.71. The molecule has 6 nitrogen and oxygen atoms in total. The lowest BCUT2D eigenvalue weighted by Crippen LogP contribution is -2.49. The predicted octanol–water partition coefficient (Wildman–Crippen LogP) is 5.16. The first-order valence-corrected chi connectivity index (χ1v) is 12.0. The molecule has 2 aromatic heterocycles. The summed E-state index contributed by atoms with van der Waals surface area (Å²) in [4.78, 5) is 9.42. The predicted molar refractivity (Wildman–Crippen MR) is 134 cm³/mol. The Morgan fingerprint density at radius 1 is 1.00 bits per heavy atom. The Kier molecular flexibility index (Phi) is 5.89. The Bertz CT molecular complexity index is 1140. The van der Waals surface area contributed by atoms with Crippen LogP contribution in [-0.4, -0.2) is 25.2 Å². The van der Waals surface area contributed by atoms with Crippen molar-refractivity contribution < 1.29 is 4.57 Å².